The number of ketones is 1. The summed E-state index contributed by atoms with van der Waals surface area (Å²) in [5, 5.41) is 8.88. The SMILES string of the molecule is Cc1cc(N2CCN(Cc3ccc(F)cc3)C2=O)sc1C(=O)CCc1nnc(-c2ccccc2)o1. The van der Waals surface area contributed by atoms with Crippen LogP contribution >= 0.6 is 11.3 Å². The fourth-order valence-electron chi connectivity index (χ4n) is 4.01. The highest BCUT2D eigenvalue weighted by Crippen LogP contribution is 2.33. The van der Waals surface area contributed by atoms with Gasteiger partial charge in [0.25, 0.3) is 0 Å². The molecule has 0 saturated carbocycles. The molecule has 0 unspecified atom stereocenters. The summed E-state index contributed by atoms with van der Waals surface area (Å²) in [6, 6.07) is 17.4. The number of aryl methyl sites for hydroxylation is 2. The fraction of sp³-hybridized carbons (Fsp3) is 0.231. The molecule has 178 valence electrons. The first-order valence-electron chi connectivity index (χ1n) is 11.3. The van der Waals surface area contributed by atoms with Crippen molar-refractivity contribution in [3.05, 3.63) is 88.4 Å². The number of amides is 2. The first-order valence-corrected chi connectivity index (χ1v) is 12.1. The fourth-order valence-corrected chi connectivity index (χ4v) is 5.17. The Morgan fingerprint density at radius 1 is 1.09 bits per heavy atom. The van der Waals surface area contributed by atoms with E-state index in [0.717, 1.165) is 21.7 Å². The summed E-state index contributed by atoms with van der Waals surface area (Å²) in [5.41, 5.74) is 2.55. The second-order valence-corrected chi connectivity index (χ2v) is 9.40. The number of hydrogen-bond acceptors (Lipinski definition) is 6. The Morgan fingerprint density at radius 2 is 1.86 bits per heavy atom. The smallest absolute Gasteiger partial charge is 0.325 e. The van der Waals surface area contributed by atoms with Crippen molar-refractivity contribution in [2.24, 2.45) is 0 Å². The number of benzene rings is 2. The standard InChI is InChI=1S/C26H23FN4O3S/c1-17-15-23(31-14-13-30(26(31)33)16-18-7-9-20(27)10-8-18)35-24(17)21(32)11-12-22-28-29-25(34-22)19-5-3-2-4-6-19/h2-10,15H,11-14,16H2,1H3. The van der Waals surface area contributed by atoms with Gasteiger partial charge in [0, 0.05) is 38.0 Å². The molecular weight excluding hydrogens is 467 g/mol. The van der Waals surface area contributed by atoms with Gasteiger partial charge >= 0.3 is 6.03 Å². The number of nitrogens with zero attached hydrogens (tertiary/aromatic N) is 4. The van der Waals surface area contributed by atoms with Gasteiger partial charge in [-0.25, -0.2) is 9.18 Å². The maximum absolute atomic E-state index is 13.2. The van der Waals surface area contributed by atoms with Crippen molar-refractivity contribution >= 4 is 28.2 Å². The van der Waals surface area contributed by atoms with E-state index < -0.39 is 0 Å². The molecular formula is C26H23FN4O3S. The Hall–Kier alpha value is -3.85. The summed E-state index contributed by atoms with van der Waals surface area (Å²) in [6.45, 7) is 3.40. The van der Waals surface area contributed by atoms with Crippen LogP contribution in [0, 0.1) is 12.7 Å². The van der Waals surface area contributed by atoms with Crippen molar-refractivity contribution in [3.8, 4) is 11.5 Å². The molecule has 2 aromatic carbocycles. The molecule has 4 aromatic rings. The Morgan fingerprint density at radius 3 is 2.63 bits per heavy atom. The summed E-state index contributed by atoms with van der Waals surface area (Å²) in [6.07, 6.45) is 0.585. The van der Waals surface area contributed by atoms with Crippen LogP contribution in [0.3, 0.4) is 0 Å². The number of hydrogen-bond donors (Lipinski definition) is 0. The van der Waals surface area contributed by atoms with Gasteiger partial charge in [0.15, 0.2) is 5.78 Å². The van der Waals surface area contributed by atoms with E-state index in [2.05, 4.69) is 10.2 Å². The lowest BCUT2D eigenvalue weighted by atomic mass is 10.1. The van der Waals surface area contributed by atoms with E-state index in [0.29, 0.717) is 42.7 Å². The van der Waals surface area contributed by atoms with Crippen LogP contribution in [0.25, 0.3) is 11.5 Å². The van der Waals surface area contributed by atoms with E-state index in [4.69, 9.17) is 4.42 Å². The zero-order valence-corrected chi connectivity index (χ0v) is 19.9. The predicted octanol–water partition coefficient (Wildman–Crippen LogP) is 5.50. The monoisotopic (exact) mass is 490 g/mol. The van der Waals surface area contributed by atoms with Crippen LogP contribution in [0.4, 0.5) is 14.2 Å². The number of anilines is 1. The molecule has 9 heteroatoms. The number of Topliss-reactive ketones (excluding diaryl/α,β-unsaturated/α-hetero) is 1. The van der Waals surface area contributed by atoms with Crippen molar-refractivity contribution in [1.29, 1.82) is 0 Å². The van der Waals surface area contributed by atoms with E-state index in [1.54, 1.807) is 21.9 Å². The number of halogens is 1. The second-order valence-electron chi connectivity index (χ2n) is 8.37. The van der Waals surface area contributed by atoms with Crippen molar-refractivity contribution in [2.75, 3.05) is 18.0 Å². The highest BCUT2D eigenvalue weighted by molar-refractivity contribution is 7.18. The predicted molar refractivity (Wildman–Crippen MR) is 131 cm³/mol. The lowest BCUT2D eigenvalue weighted by molar-refractivity contribution is 0.0983. The highest BCUT2D eigenvalue weighted by Gasteiger charge is 2.31. The minimum atomic E-state index is -0.301. The molecule has 0 spiro atoms. The summed E-state index contributed by atoms with van der Waals surface area (Å²) in [7, 11) is 0. The Balaban J connectivity index is 1.21. The summed E-state index contributed by atoms with van der Waals surface area (Å²) in [4.78, 5) is 30.0. The molecule has 7 nitrogen and oxygen atoms in total. The molecule has 0 bridgehead atoms. The first-order chi connectivity index (χ1) is 17.0. The van der Waals surface area contributed by atoms with Gasteiger partial charge in [0.05, 0.1) is 9.88 Å². The van der Waals surface area contributed by atoms with Crippen LogP contribution in [0.1, 0.15) is 33.1 Å². The molecule has 3 heterocycles. The van der Waals surface area contributed by atoms with Crippen LogP contribution in [0.5, 0.6) is 0 Å². The molecule has 0 N–H and O–H groups in total. The van der Waals surface area contributed by atoms with E-state index in [-0.39, 0.29) is 24.1 Å². The summed E-state index contributed by atoms with van der Waals surface area (Å²) >= 11 is 1.33. The van der Waals surface area contributed by atoms with Crippen LogP contribution < -0.4 is 4.90 Å². The lowest BCUT2D eigenvalue weighted by Gasteiger charge is -2.17. The Bertz CT molecular complexity index is 1350. The number of rotatable bonds is 8. The third-order valence-corrected chi connectivity index (χ3v) is 7.16. The maximum atomic E-state index is 13.2. The molecule has 1 saturated heterocycles. The number of aromatic nitrogens is 2. The quantitative estimate of drug-likeness (QED) is 0.305. The van der Waals surface area contributed by atoms with Crippen molar-refractivity contribution < 1.29 is 18.4 Å². The average Bonchev–Trinajstić information content (AvgIpc) is 3.59. The minimum Gasteiger partial charge on any atom is -0.421 e. The molecule has 0 aliphatic carbocycles. The Labute approximate surface area is 205 Å². The summed E-state index contributed by atoms with van der Waals surface area (Å²) in [5.74, 6) is 0.524. The van der Waals surface area contributed by atoms with Gasteiger partial charge in [-0.15, -0.1) is 21.5 Å². The van der Waals surface area contributed by atoms with Crippen molar-refractivity contribution in [2.45, 2.75) is 26.3 Å². The van der Waals surface area contributed by atoms with Crippen LogP contribution in [-0.2, 0) is 13.0 Å². The van der Waals surface area contributed by atoms with Crippen LogP contribution in [-0.4, -0.2) is 40.0 Å². The van der Waals surface area contributed by atoms with Crippen LogP contribution in [0.15, 0.2) is 65.1 Å². The second kappa shape index (κ2) is 9.79. The minimum absolute atomic E-state index is 0.0203. The maximum Gasteiger partial charge on any atom is 0.325 e. The van der Waals surface area contributed by atoms with Gasteiger partial charge in [-0.05, 0) is 48.4 Å². The first kappa shape index (κ1) is 22.9. The average molecular weight is 491 g/mol. The van der Waals surface area contributed by atoms with Gasteiger partial charge in [-0.1, -0.05) is 30.3 Å². The number of thiophene rings is 1. The lowest BCUT2D eigenvalue weighted by Crippen LogP contribution is -2.30. The number of urea groups is 1. The largest absolute Gasteiger partial charge is 0.421 e. The number of carbonyl (C=O) groups excluding carboxylic acids is 2. The topological polar surface area (TPSA) is 79.5 Å². The Kier molecular flexibility index (Phi) is 6.41. The third-order valence-electron chi connectivity index (χ3n) is 5.86. The van der Waals surface area contributed by atoms with Crippen molar-refractivity contribution in [3.63, 3.8) is 0 Å². The molecule has 2 aromatic heterocycles. The molecule has 1 fully saturated rings. The van der Waals surface area contributed by atoms with E-state index in [9.17, 15) is 14.0 Å². The number of carbonyl (C=O) groups is 2. The van der Waals surface area contributed by atoms with Gasteiger partial charge in [-0.2, -0.15) is 0 Å². The molecule has 2 amide bonds. The highest BCUT2D eigenvalue weighted by atomic mass is 32.1. The third kappa shape index (κ3) is 5.00. The zero-order valence-electron chi connectivity index (χ0n) is 19.1. The molecule has 0 atom stereocenters. The van der Waals surface area contributed by atoms with E-state index >= 15 is 0 Å². The van der Waals surface area contributed by atoms with E-state index in [1.807, 2.05) is 43.3 Å². The van der Waals surface area contributed by atoms with Crippen LogP contribution in [0.2, 0.25) is 0 Å². The molecule has 0 radical (unpaired) electrons. The molecule has 35 heavy (non-hydrogen) atoms. The van der Waals surface area contributed by atoms with Gasteiger partial charge in [0.1, 0.15) is 5.82 Å². The molecule has 1 aliphatic heterocycles. The molecule has 5 rings (SSSR count). The van der Waals surface area contributed by atoms with Crippen molar-refractivity contribution in [1.82, 2.24) is 15.1 Å². The zero-order chi connectivity index (χ0) is 24.4. The van der Waals surface area contributed by atoms with Gasteiger partial charge in [0.2, 0.25) is 11.8 Å². The van der Waals surface area contributed by atoms with Gasteiger partial charge < -0.3 is 9.32 Å². The summed E-state index contributed by atoms with van der Waals surface area (Å²) < 4.78 is 18.9. The van der Waals surface area contributed by atoms with Gasteiger partial charge in [-0.3, -0.25) is 9.69 Å². The molecule has 1 aliphatic rings. The normalized spacial score (nSPS) is 13.6. The van der Waals surface area contributed by atoms with E-state index in [1.165, 1.54) is 23.5 Å².